The lowest BCUT2D eigenvalue weighted by atomic mass is 9.95. The Kier molecular flexibility index (Phi) is 4.89. The SMILES string of the molecule is CC(NC(=O)[C@@H]1CCC[C@@H]1CN)c1nc(-c2cccc(F)c2)no1. The third-order valence-corrected chi connectivity index (χ3v) is 4.55. The number of nitrogens with two attached hydrogens (primary N) is 1. The molecule has 1 heterocycles. The van der Waals surface area contributed by atoms with Crippen LogP contribution >= 0.6 is 0 Å². The van der Waals surface area contributed by atoms with E-state index in [1.165, 1.54) is 12.1 Å². The number of rotatable bonds is 5. The van der Waals surface area contributed by atoms with Crippen LogP contribution < -0.4 is 11.1 Å². The smallest absolute Gasteiger partial charge is 0.249 e. The van der Waals surface area contributed by atoms with Gasteiger partial charge in [0.25, 0.3) is 0 Å². The molecule has 1 saturated carbocycles. The zero-order valence-electron chi connectivity index (χ0n) is 13.5. The van der Waals surface area contributed by atoms with Crippen molar-refractivity contribution in [1.29, 1.82) is 0 Å². The quantitative estimate of drug-likeness (QED) is 0.877. The summed E-state index contributed by atoms with van der Waals surface area (Å²) in [6, 6.07) is 5.56. The lowest BCUT2D eigenvalue weighted by Crippen LogP contribution is -2.36. The van der Waals surface area contributed by atoms with E-state index in [0.29, 0.717) is 23.8 Å². The molecule has 2 aromatic rings. The van der Waals surface area contributed by atoms with Gasteiger partial charge in [-0.1, -0.05) is 23.7 Å². The van der Waals surface area contributed by atoms with E-state index in [2.05, 4.69) is 15.5 Å². The molecule has 1 unspecified atom stereocenters. The van der Waals surface area contributed by atoms with Crippen LogP contribution in [-0.4, -0.2) is 22.6 Å². The molecule has 0 radical (unpaired) electrons. The minimum absolute atomic E-state index is 0.0269. The van der Waals surface area contributed by atoms with Crippen molar-refractivity contribution in [2.45, 2.75) is 32.2 Å². The highest BCUT2D eigenvalue weighted by atomic mass is 19.1. The van der Waals surface area contributed by atoms with Gasteiger partial charge < -0.3 is 15.6 Å². The van der Waals surface area contributed by atoms with Gasteiger partial charge in [-0.15, -0.1) is 0 Å². The Bertz CT molecular complexity index is 718. The van der Waals surface area contributed by atoms with E-state index >= 15 is 0 Å². The van der Waals surface area contributed by atoms with Gasteiger partial charge in [-0.3, -0.25) is 4.79 Å². The number of carbonyl (C=O) groups is 1. The van der Waals surface area contributed by atoms with E-state index in [1.807, 2.05) is 0 Å². The molecule has 0 saturated heterocycles. The second kappa shape index (κ2) is 7.09. The summed E-state index contributed by atoms with van der Waals surface area (Å²) in [6.07, 6.45) is 2.88. The summed E-state index contributed by atoms with van der Waals surface area (Å²) in [5.41, 5.74) is 6.26. The largest absolute Gasteiger partial charge is 0.344 e. The lowest BCUT2D eigenvalue weighted by molar-refractivity contribution is -0.126. The molecule has 128 valence electrons. The molecule has 1 fully saturated rings. The van der Waals surface area contributed by atoms with Crippen molar-refractivity contribution in [3.05, 3.63) is 36.0 Å². The van der Waals surface area contributed by atoms with Crippen LogP contribution in [0.15, 0.2) is 28.8 Å². The number of amides is 1. The maximum Gasteiger partial charge on any atom is 0.249 e. The fraction of sp³-hybridized carbons (Fsp3) is 0.471. The maximum absolute atomic E-state index is 13.3. The molecule has 3 atom stereocenters. The summed E-state index contributed by atoms with van der Waals surface area (Å²) in [4.78, 5) is 16.7. The molecule has 7 heteroatoms. The van der Waals surface area contributed by atoms with Gasteiger partial charge in [-0.2, -0.15) is 4.98 Å². The van der Waals surface area contributed by atoms with Crippen LogP contribution in [0.25, 0.3) is 11.4 Å². The molecule has 6 nitrogen and oxygen atoms in total. The molecule has 24 heavy (non-hydrogen) atoms. The number of aromatic nitrogens is 2. The van der Waals surface area contributed by atoms with Crippen LogP contribution in [0.3, 0.4) is 0 Å². The van der Waals surface area contributed by atoms with Gasteiger partial charge in [0.2, 0.25) is 17.6 Å². The highest BCUT2D eigenvalue weighted by Crippen LogP contribution is 2.31. The Morgan fingerprint density at radius 1 is 1.50 bits per heavy atom. The topological polar surface area (TPSA) is 94.0 Å². The highest BCUT2D eigenvalue weighted by Gasteiger charge is 2.33. The Morgan fingerprint density at radius 2 is 2.33 bits per heavy atom. The van der Waals surface area contributed by atoms with Crippen LogP contribution in [0, 0.1) is 17.7 Å². The molecule has 1 amide bonds. The van der Waals surface area contributed by atoms with Crippen LogP contribution in [0.5, 0.6) is 0 Å². The molecule has 0 spiro atoms. The third kappa shape index (κ3) is 3.46. The number of hydrogen-bond acceptors (Lipinski definition) is 5. The Balaban J connectivity index is 1.67. The van der Waals surface area contributed by atoms with Crippen molar-refractivity contribution in [3.63, 3.8) is 0 Å². The van der Waals surface area contributed by atoms with Crippen LogP contribution in [0.2, 0.25) is 0 Å². The number of benzene rings is 1. The van der Waals surface area contributed by atoms with E-state index in [0.717, 1.165) is 19.3 Å². The molecule has 3 rings (SSSR count). The van der Waals surface area contributed by atoms with Crippen molar-refractivity contribution in [3.8, 4) is 11.4 Å². The minimum Gasteiger partial charge on any atom is -0.344 e. The van der Waals surface area contributed by atoms with Crippen LogP contribution in [0.1, 0.15) is 38.1 Å². The van der Waals surface area contributed by atoms with Crippen LogP contribution in [0.4, 0.5) is 4.39 Å². The van der Waals surface area contributed by atoms with Gasteiger partial charge in [-0.05, 0) is 44.4 Å². The van der Waals surface area contributed by atoms with Crippen molar-refractivity contribution < 1.29 is 13.7 Å². The highest BCUT2D eigenvalue weighted by molar-refractivity contribution is 5.79. The average Bonchev–Trinajstić information content (AvgIpc) is 3.24. The number of nitrogens with zero attached hydrogens (tertiary/aromatic N) is 2. The zero-order valence-corrected chi connectivity index (χ0v) is 13.5. The van der Waals surface area contributed by atoms with E-state index in [9.17, 15) is 9.18 Å². The van der Waals surface area contributed by atoms with E-state index in [1.54, 1.807) is 19.1 Å². The Morgan fingerprint density at radius 3 is 3.08 bits per heavy atom. The Hall–Kier alpha value is -2.28. The molecular formula is C17H21FN4O2. The first-order valence-corrected chi connectivity index (χ1v) is 8.18. The summed E-state index contributed by atoms with van der Waals surface area (Å²) >= 11 is 0. The predicted octanol–water partition coefficient (Wildman–Crippen LogP) is 2.43. The first-order valence-electron chi connectivity index (χ1n) is 8.18. The van der Waals surface area contributed by atoms with Gasteiger partial charge in [0.05, 0.1) is 0 Å². The molecule has 1 aliphatic rings. The van der Waals surface area contributed by atoms with E-state index in [4.69, 9.17) is 10.3 Å². The standard InChI is InChI=1S/C17H21FN4O2/c1-10(20-16(23)14-7-3-5-12(14)9-19)17-21-15(22-24-17)11-4-2-6-13(18)8-11/h2,4,6,8,10,12,14H,3,5,7,9,19H2,1H3,(H,20,23)/t10?,12-,14-/m1/s1. The molecule has 1 aromatic carbocycles. The molecule has 1 aromatic heterocycles. The number of nitrogens with one attached hydrogen (secondary N) is 1. The fourth-order valence-electron chi connectivity index (χ4n) is 3.20. The molecular weight excluding hydrogens is 311 g/mol. The summed E-state index contributed by atoms with van der Waals surface area (Å²) in [5, 5.41) is 6.77. The monoisotopic (exact) mass is 332 g/mol. The van der Waals surface area contributed by atoms with Gasteiger partial charge in [-0.25, -0.2) is 4.39 Å². The summed E-state index contributed by atoms with van der Waals surface area (Å²) in [6.45, 7) is 2.31. The molecule has 1 aliphatic carbocycles. The maximum atomic E-state index is 13.3. The zero-order chi connectivity index (χ0) is 17.1. The predicted molar refractivity (Wildman–Crippen MR) is 86.1 cm³/mol. The van der Waals surface area contributed by atoms with Gasteiger partial charge in [0, 0.05) is 11.5 Å². The van der Waals surface area contributed by atoms with Crippen molar-refractivity contribution in [2.75, 3.05) is 6.54 Å². The molecule has 0 aliphatic heterocycles. The Labute approximate surface area is 139 Å². The third-order valence-electron chi connectivity index (χ3n) is 4.55. The van der Waals surface area contributed by atoms with E-state index < -0.39 is 6.04 Å². The first-order chi connectivity index (χ1) is 11.6. The minimum atomic E-state index is -0.411. The fourth-order valence-corrected chi connectivity index (χ4v) is 3.20. The number of hydrogen-bond donors (Lipinski definition) is 2. The average molecular weight is 332 g/mol. The van der Waals surface area contributed by atoms with Crippen LogP contribution in [-0.2, 0) is 4.79 Å². The van der Waals surface area contributed by atoms with Gasteiger partial charge >= 0.3 is 0 Å². The van der Waals surface area contributed by atoms with Crippen molar-refractivity contribution in [1.82, 2.24) is 15.5 Å². The number of halogens is 1. The number of carbonyl (C=O) groups excluding carboxylic acids is 1. The molecule has 3 N–H and O–H groups in total. The summed E-state index contributed by atoms with van der Waals surface area (Å²) < 4.78 is 18.5. The normalized spacial score (nSPS) is 21.6. The first kappa shape index (κ1) is 16.6. The van der Waals surface area contributed by atoms with Gasteiger partial charge in [0.1, 0.15) is 11.9 Å². The summed E-state index contributed by atoms with van der Waals surface area (Å²) in [7, 11) is 0. The van der Waals surface area contributed by atoms with Crippen molar-refractivity contribution >= 4 is 5.91 Å². The lowest BCUT2D eigenvalue weighted by Gasteiger charge is -2.19. The van der Waals surface area contributed by atoms with Gasteiger partial charge in [0.15, 0.2) is 0 Å². The second-order valence-electron chi connectivity index (χ2n) is 6.23. The van der Waals surface area contributed by atoms with Crippen molar-refractivity contribution in [2.24, 2.45) is 17.6 Å². The van der Waals surface area contributed by atoms with E-state index in [-0.39, 0.29) is 23.6 Å². The molecule has 0 bridgehead atoms. The second-order valence-corrected chi connectivity index (χ2v) is 6.23. The summed E-state index contributed by atoms with van der Waals surface area (Å²) in [5.74, 6) is 0.386.